The normalized spacial score (nSPS) is 22.8. The second-order valence-electron chi connectivity index (χ2n) is 5.85. The molecule has 0 radical (unpaired) electrons. The Morgan fingerprint density at radius 3 is 2.85 bits per heavy atom. The zero-order valence-corrected chi connectivity index (χ0v) is 13.6. The number of aromatic nitrogens is 1. The van der Waals surface area contributed by atoms with Crippen LogP contribution < -0.4 is 10.2 Å². The SMILES string of the molecule is CCNCc1cc(N(C)C2CCCCC2C)ncc1Cl. The Labute approximate surface area is 127 Å². The van der Waals surface area contributed by atoms with Gasteiger partial charge in [0.25, 0.3) is 0 Å². The number of nitrogens with zero attached hydrogens (tertiary/aromatic N) is 2. The van der Waals surface area contributed by atoms with Crippen molar-refractivity contribution in [3.63, 3.8) is 0 Å². The van der Waals surface area contributed by atoms with Crippen LogP contribution in [0.2, 0.25) is 5.02 Å². The van der Waals surface area contributed by atoms with E-state index in [-0.39, 0.29) is 0 Å². The lowest BCUT2D eigenvalue weighted by Gasteiger charge is -2.37. The largest absolute Gasteiger partial charge is 0.356 e. The molecule has 2 unspecified atom stereocenters. The smallest absolute Gasteiger partial charge is 0.128 e. The topological polar surface area (TPSA) is 28.2 Å². The standard InChI is InChI=1S/C16H26ClN3/c1-4-18-10-13-9-16(19-11-14(13)17)20(3)15-8-6-5-7-12(15)2/h9,11-12,15,18H,4-8,10H2,1-3H3. The number of rotatable bonds is 5. The first-order valence-corrected chi connectivity index (χ1v) is 8.09. The Kier molecular flexibility index (Phi) is 5.67. The maximum absolute atomic E-state index is 6.23. The van der Waals surface area contributed by atoms with E-state index < -0.39 is 0 Å². The molecule has 4 heteroatoms. The molecule has 2 atom stereocenters. The maximum atomic E-state index is 6.23. The van der Waals surface area contributed by atoms with Crippen molar-refractivity contribution >= 4 is 17.4 Å². The monoisotopic (exact) mass is 295 g/mol. The molecule has 1 aromatic rings. The van der Waals surface area contributed by atoms with E-state index in [1.54, 1.807) is 6.20 Å². The van der Waals surface area contributed by atoms with Crippen molar-refractivity contribution in [3.8, 4) is 0 Å². The van der Waals surface area contributed by atoms with E-state index in [1.807, 2.05) is 0 Å². The highest BCUT2D eigenvalue weighted by atomic mass is 35.5. The van der Waals surface area contributed by atoms with Crippen molar-refractivity contribution in [2.45, 2.75) is 52.1 Å². The number of hydrogen-bond acceptors (Lipinski definition) is 3. The predicted molar refractivity (Wildman–Crippen MR) is 86.5 cm³/mol. The number of hydrogen-bond donors (Lipinski definition) is 1. The Hall–Kier alpha value is -0.800. The van der Waals surface area contributed by atoms with Crippen LogP contribution in [0.1, 0.15) is 45.1 Å². The summed E-state index contributed by atoms with van der Waals surface area (Å²) >= 11 is 6.23. The molecule has 2 rings (SSSR count). The van der Waals surface area contributed by atoms with Gasteiger partial charge in [-0.15, -0.1) is 0 Å². The summed E-state index contributed by atoms with van der Waals surface area (Å²) in [5.41, 5.74) is 1.13. The number of nitrogens with one attached hydrogen (secondary N) is 1. The van der Waals surface area contributed by atoms with Gasteiger partial charge in [0.2, 0.25) is 0 Å². The van der Waals surface area contributed by atoms with E-state index in [2.05, 4.69) is 42.2 Å². The fraction of sp³-hybridized carbons (Fsp3) is 0.688. The lowest BCUT2D eigenvalue weighted by molar-refractivity contribution is 0.320. The molecule has 1 saturated carbocycles. The zero-order chi connectivity index (χ0) is 14.5. The summed E-state index contributed by atoms with van der Waals surface area (Å²) in [4.78, 5) is 6.87. The molecular formula is C16H26ClN3. The van der Waals surface area contributed by atoms with Crippen LogP contribution in [-0.2, 0) is 6.54 Å². The van der Waals surface area contributed by atoms with Gasteiger partial charge in [-0.1, -0.05) is 38.3 Å². The number of halogens is 1. The molecule has 0 aliphatic heterocycles. The molecule has 1 aromatic heterocycles. The lowest BCUT2D eigenvalue weighted by atomic mass is 9.85. The van der Waals surface area contributed by atoms with Gasteiger partial charge in [-0.3, -0.25) is 0 Å². The molecule has 0 aromatic carbocycles. The fourth-order valence-corrected chi connectivity index (χ4v) is 3.27. The van der Waals surface area contributed by atoms with Gasteiger partial charge in [0.1, 0.15) is 5.82 Å². The molecule has 0 spiro atoms. The Morgan fingerprint density at radius 1 is 1.40 bits per heavy atom. The van der Waals surface area contributed by atoms with Crippen molar-refractivity contribution < 1.29 is 0 Å². The van der Waals surface area contributed by atoms with Crippen molar-refractivity contribution in [2.75, 3.05) is 18.5 Å². The second kappa shape index (κ2) is 7.28. The molecule has 0 saturated heterocycles. The summed E-state index contributed by atoms with van der Waals surface area (Å²) in [6.07, 6.45) is 7.08. The molecule has 1 fully saturated rings. The molecule has 1 heterocycles. The second-order valence-corrected chi connectivity index (χ2v) is 6.26. The van der Waals surface area contributed by atoms with E-state index in [4.69, 9.17) is 11.6 Å². The van der Waals surface area contributed by atoms with Crippen LogP contribution in [0.25, 0.3) is 0 Å². The molecule has 1 aliphatic rings. The molecule has 0 bridgehead atoms. The molecule has 3 nitrogen and oxygen atoms in total. The molecule has 112 valence electrons. The van der Waals surface area contributed by atoms with Crippen molar-refractivity contribution in [1.29, 1.82) is 0 Å². The minimum absolute atomic E-state index is 0.601. The van der Waals surface area contributed by atoms with Gasteiger partial charge >= 0.3 is 0 Å². The quantitative estimate of drug-likeness (QED) is 0.894. The van der Waals surface area contributed by atoms with Gasteiger partial charge in [-0.2, -0.15) is 0 Å². The van der Waals surface area contributed by atoms with Crippen molar-refractivity contribution in [2.24, 2.45) is 5.92 Å². The molecule has 1 aliphatic carbocycles. The van der Waals surface area contributed by atoms with Crippen molar-refractivity contribution in [3.05, 3.63) is 22.8 Å². The summed E-state index contributed by atoms with van der Waals surface area (Å²) in [5.74, 6) is 1.78. The molecular weight excluding hydrogens is 270 g/mol. The number of pyridine rings is 1. The average Bonchev–Trinajstić information content (AvgIpc) is 2.46. The minimum atomic E-state index is 0.601. The summed E-state index contributed by atoms with van der Waals surface area (Å²) in [7, 11) is 2.17. The van der Waals surface area contributed by atoms with Crippen LogP contribution in [0.4, 0.5) is 5.82 Å². The highest BCUT2D eigenvalue weighted by Gasteiger charge is 2.25. The lowest BCUT2D eigenvalue weighted by Crippen LogP contribution is -2.39. The zero-order valence-electron chi connectivity index (χ0n) is 12.8. The van der Waals surface area contributed by atoms with Crippen molar-refractivity contribution in [1.82, 2.24) is 10.3 Å². The van der Waals surface area contributed by atoms with E-state index in [0.717, 1.165) is 35.4 Å². The third-order valence-electron chi connectivity index (χ3n) is 4.41. The summed E-state index contributed by atoms with van der Waals surface area (Å²) in [6, 6.07) is 2.73. The van der Waals surface area contributed by atoms with E-state index in [0.29, 0.717) is 6.04 Å². The first kappa shape index (κ1) is 15.6. The fourth-order valence-electron chi connectivity index (χ4n) is 3.10. The summed E-state index contributed by atoms with van der Waals surface area (Å²) in [6.45, 7) is 6.21. The molecule has 0 amide bonds. The third kappa shape index (κ3) is 3.64. The van der Waals surface area contributed by atoms with Gasteiger partial charge < -0.3 is 10.2 Å². The Balaban J connectivity index is 2.14. The van der Waals surface area contributed by atoms with Crippen LogP contribution in [0.15, 0.2) is 12.3 Å². The van der Waals surface area contributed by atoms with Crippen LogP contribution in [0.3, 0.4) is 0 Å². The van der Waals surface area contributed by atoms with E-state index in [9.17, 15) is 0 Å². The highest BCUT2D eigenvalue weighted by Crippen LogP contribution is 2.30. The predicted octanol–water partition coefficient (Wildman–Crippen LogP) is 3.86. The van der Waals surface area contributed by atoms with Crippen LogP contribution in [0, 0.1) is 5.92 Å². The van der Waals surface area contributed by atoms with Gasteiger partial charge in [0, 0.05) is 25.8 Å². The summed E-state index contributed by atoms with van der Waals surface area (Å²) < 4.78 is 0. The Morgan fingerprint density at radius 2 is 2.15 bits per heavy atom. The third-order valence-corrected chi connectivity index (χ3v) is 4.75. The maximum Gasteiger partial charge on any atom is 0.128 e. The Bertz CT molecular complexity index is 436. The van der Waals surface area contributed by atoms with Gasteiger partial charge in [0.15, 0.2) is 0 Å². The van der Waals surface area contributed by atoms with Gasteiger partial charge in [-0.05, 0) is 36.9 Å². The van der Waals surface area contributed by atoms with Crippen LogP contribution >= 0.6 is 11.6 Å². The molecule has 1 N–H and O–H groups in total. The first-order chi connectivity index (χ1) is 9.63. The molecule has 20 heavy (non-hydrogen) atoms. The van der Waals surface area contributed by atoms with E-state index in [1.165, 1.54) is 25.7 Å². The summed E-state index contributed by atoms with van der Waals surface area (Å²) in [5, 5.41) is 4.08. The highest BCUT2D eigenvalue weighted by molar-refractivity contribution is 6.31. The van der Waals surface area contributed by atoms with Crippen LogP contribution in [0.5, 0.6) is 0 Å². The van der Waals surface area contributed by atoms with Crippen LogP contribution in [-0.4, -0.2) is 24.6 Å². The van der Waals surface area contributed by atoms with Gasteiger partial charge in [0.05, 0.1) is 5.02 Å². The first-order valence-electron chi connectivity index (χ1n) is 7.71. The number of anilines is 1. The minimum Gasteiger partial charge on any atom is -0.356 e. The van der Waals surface area contributed by atoms with Gasteiger partial charge in [-0.25, -0.2) is 4.98 Å². The van der Waals surface area contributed by atoms with E-state index >= 15 is 0 Å². The average molecular weight is 296 g/mol.